The van der Waals surface area contributed by atoms with E-state index in [4.69, 9.17) is 4.74 Å². The van der Waals surface area contributed by atoms with E-state index in [1.165, 1.54) is 22.7 Å². The number of aryl methyl sites for hydroxylation is 2. The Kier molecular flexibility index (Phi) is 5.82. The molecule has 0 saturated carbocycles. The second-order valence-electron chi connectivity index (χ2n) is 7.52. The molecular formula is C23H23FN6O3. The van der Waals surface area contributed by atoms with Crippen molar-refractivity contribution < 1.29 is 9.13 Å². The summed E-state index contributed by atoms with van der Waals surface area (Å²) in [7, 11) is 6.20. The first-order valence-electron chi connectivity index (χ1n) is 10.1. The number of nitrogens with zero attached hydrogens (tertiary/aromatic N) is 6. The van der Waals surface area contributed by atoms with Gasteiger partial charge in [0.2, 0.25) is 5.95 Å². The number of benzene rings is 2. The van der Waals surface area contributed by atoms with Crippen molar-refractivity contribution in [2.24, 2.45) is 26.2 Å². The second-order valence-corrected chi connectivity index (χ2v) is 7.52. The van der Waals surface area contributed by atoms with Crippen LogP contribution in [0.4, 0.5) is 10.3 Å². The molecule has 0 amide bonds. The van der Waals surface area contributed by atoms with Crippen molar-refractivity contribution in [3.05, 3.63) is 86.3 Å². The van der Waals surface area contributed by atoms with Gasteiger partial charge in [-0.05, 0) is 35.9 Å². The Morgan fingerprint density at radius 1 is 1.03 bits per heavy atom. The number of halogens is 1. The highest BCUT2D eigenvalue weighted by Gasteiger charge is 2.21. The summed E-state index contributed by atoms with van der Waals surface area (Å²) in [5.41, 5.74) is 0.695. The SMILES string of the molecule is COc1ccc(/C=N/N(Cc2ccccc2F)c2nc3c(c(=O)n(C)c(=O)n3C)n2C)cc1. The van der Waals surface area contributed by atoms with E-state index in [9.17, 15) is 14.0 Å². The third-order valence-corrected chi connectivity index (χ3v) is 5.42. The van der Waals surface area contributed by atoms with Crippen LogP contribution in [0, 0.1) is 5.82 Å². The van der Waals surface area contributed by atoms with Crippen LogP contribution in [0.2, 0.25) is 0 Å². The third-order valence-electron chi connectivity index (χ3n) is 5.42. The van der Waals surface area contributed by atoms with E-state index in [1.807, 2.05) is 12.1 Å². The van der Waals surface area contributed by atoms with Crippen molar-refractivity contribution in [3.8, 4) is 5.75 Å². The van der Waals surface area contributed by atoms with E-state index < -0.39 is 11.2 Å². The van der Waals surface area contributed by atoms with Crippen LogP contribution in [0.1, 0.15) is 11.1 Å². The molecule has 2 aromatic heterocycles. The van der Waals surface area contributed by atoms with E-state index in [0.717, 1.165) is 10.1 Å². The van der Waals surface area contributed by atoms with Crippen LogP contribution in [-0.2, 0) is 27.7 Å². The number of ether oxygens (including phenoxy) is 1. The highest BCUT2D eigenvalue weighted by atomic mass is 19.1. The number of hydrogen-bond acceptors (Lipinski definition) is 6. The Morgan fingerprint density at radius 2 is 1.73 bits per heavy atom. The monoisotopic (exact) mass is 450 g/mol. The summed E-state index contributed by atoms with van der Waals surface area (Å²) in [6, 6.07) is 13.6. The van der Waals surface area contributed by atoms with Crippen molar-refractivity contribution >= 4 is 23.3 Å². The number of aromatic nitrogens is 4. The summed E-state index contributed by atoms with van der Waals surface area (Å²) in [6.45, 7) is 0.0603. The molecule has 0 radical (unpaired) electrons. The first-order chi connectivity index (χ1) is 15.8. The molecule has 0 aliphatic carbocycles. The summed E-state index contributed by atoms with van der Waals surface area (Å²) < 4.78 is 23.5. The molecule has 4 rings (SSSR count). The molecule has 0 unspecified atom stereocenters. The lowest BCUT2D eigenvalue weighted by molar-refractivity contribution is 0.415. The Bertz CT molecular complexity index is 1470. The second kappa shape index (κ2) is 8.73. The number of methoxy groups -OCH3 is 1. The van der Waals surface area contributed by atoms with Gasteiger partial charge < -0.3 is 9.30 Å². The Morgan fingerprint density at radius 3 is 2.39 bits per heavy atom. The maximum absolute atomic E-state index is 14.4. The molecule has 2 heterocycles. The molecular weight excluding hydrogens is 427 g/mol. The fourth-order valence-corrected chi connectivity index (χ4v) is 3.52. The highest BCUT2D eigenvalue weighted by Crippen LogP contribution is 2.21. The van der Waals surface area contributed by atoms with Gasteiger partial charge >= 0.3 is 5.69 Å². The number of anilines is 1. The summed E-state index contributed by atoms with van der Waals surface area (Å²) in [5, 5.41) is 6.03. The molecule has 10 heteroatoms. The fourth-order valence-electron chi connectivity index (χ4n) is 3.52. The molecule has 4 aromatic rings. The van der Waals surface area contributed by atoms with Gasteiger partial charge in [-0.25, -0.2) is 14.2 Å². The van der Waals surface area contributed by atoms with Gasteiger partial charge in [0.1, 0.15) is 11.6 Å². The minimum absolute atomic E-state index is 0.0603. The maximum Gasteiger partial charge on any atom is 0.332 e. The number of hydrazone groups is 1. The molecule has 0 N–H and O–H groups in total. The summed E-state index contributed by atoms with van der Waals surface area (Å²) >= 11 is 0. The molecule has 0 aliphatic rings. The lowest BCUT2D eigenvalue weighted by atomic mass is 10.2. The van der Waals surface area contributed by atoms with Gasteiger partial charge in [0.15, 0.2) is 11.2 Å². The van der Waals surface area contributed by atoms with Gasteiger partial charge in [0.05, 0.1) is 19.9 Å². The maximum atomic E-state index is 14.4. The molecule has 170 valence electrons. The fraction of sp³-hybridized carbons (Fsp3) is 0.217. The lowest BCUT2D eigenvalue weighted by Gasteiger charge is -2.18. The van der Waals surface area contributed by atoms with E-state index in [-0.39, 0.29) is 29.5 Å². The average molecular weight is 450 g/mol. The molecule has 0 fully saturated rings. The molecule has 0 atom stereocenters. The molecule has 33 heavy (non-hydrogen) atoms. The largest absolute Gasteiger partial charge is 0.497 e. The first kappa shape index (κ1) is 22.0. The minimum atomic E-state index is -0.487. The van der Waals surface area contributed by atoms with Crippen LogP contribution in [-0.4, -0.2) is 32.0 Å². The van der Waals surface area contributed by atoms with Crippen LogP contribution < -0.4 is 21.0 Å². The Hall–Kier alpha value is -4.21. The van der Waals surface area contributed by atoms with Gasteiger partial charge in [0.25, 0.3) is 5.56 Å². The standard InChI is InChI=1S/C23H23FN6O3/c1-27-19-20(28(2)23(32)29(3)21(19)31)26-22(27)30(14-16-7-5-6-8-18(16)24)25-13-15-9-11-17(33-4)12-10-15/h5-13H,14H2,1-4H3/b25-13+. The van der Waals surface area contributed by atoms with E-state index in [0.29, 0.717) is 11.3 Å². The third kappa shape index (κ3) is 4.02. The van der Waals surface area contributed by atoms with Gasteiger partial charge in [-0.1, -0.05) is 18.2 Å². The molecule has 9 nitrogen and oxygen atoms in total. The molecule has 0 spiro atoms. The number of imidazole rings is 1. The van der Waals surface area contributed by atoms with E-state index >= 15 is 0 Å². The smallest absolute Gasteiger partial charge is 0.332 e. The molecule has 0 saturated heterocycles. The Balaban J connectivity index is 1.85. The predicted molar refractivity (Wildman–Crippen MR) is 124 cm³/mol. The summed E-state index contributed by atoms with van der Waals surface area (Å²) in [6.07, 6.45) is 1.61. The van der Waals surface area contributed by atoms with Crippen molar-refractivity contribution in [2.75, 3.05) is 12.1 Å². The van der Waals surface area contributed by atoms with Gasteiger partial charge in [-0.15, -0.1) is 0 Å². The molecule has 2 aromatic carbocycles. The van der Waals surface area contributed by atoms with Gasteiger partial charge in [0, 0.05) is 26.7 Å². The average Bonchev–Trinajstić information content (AvgIpc) is 3.17. The topological polar surface area (TPSA) is 86.7 Å². The minimum Gasteiger partial charge on any atom is -0.497 e. The first-order valence-corrected chi connectivity index (χ1v) is 10.1. The van der Waals surface area contributed by atoms with Crippen LogP contribution in [0.3, 0.4) is 0 Å². The zero-order valence-corrected chi connectivity index (χ0v) is 18.7. The Labute approximate surface area is 188 Å². The van der Waals surface area contributed by atoms with Crippen LogP contribution in [0.25, 0.3) is 11.2 Å². The van der Waals surface area contributed by atoms with Crippen molar-refractivity contribution in [3.63, 3.8) is 0 Å². The zero-order chi connectivity index (χ0) is 23.7. The van der Waals surface area contributed by atoms with Crippen LogP contribution >= 0.6 is 0 Å². The van der Waals surface area contributed by atoms with Crippen molar-refractivity contribution in [2.45, 2.75) is 6.54 Å². The summed E-state index contributed by atoms with van der Waals surface area (Å²) in [4.78, 5) is 29.7. The van der Waals surface area contributed by atoms with Gasteiger partial charge in [-0.3, -0.25) is 13.9 Å². The quantitative estimate of drug-likeness (QED) is 0.332. The lowest BCUT2D eigenvalue weighted by Crippen LogP contribution is -2.37. The number of fused-ring (bicyclic) bond motifs is 1. The highest BCUT2D eigenvalue weighted by molar-refractivity contribution is 5.81. The predicted octanol–water partition coefficient (Wildman–Crippen LogP) is 2.16. The van der Waals surface area contributed by atoms with Crippen molar-refractivity contribution in [1.29, 1.82) is 0 Å². The van der Waals surface area contributed by atoms with E-state index in [1.54, 1.807) is 62.3 Å². The summed E-state index contributed by atoms with van der Waals surface area (Å²) in [5.74, 6) is 0.614. The van der Waals surface area contributed by atoms with Gasteiger partial charge in [-0.2, -0.15) is 10.1 Å². The molecule has 0 aliphatic heterocycles. The number of rotatable bonds is 6. The number of hydrogen-bond donors (Lipinski definition) is 0. The van der Waals surface area contributed by atoms with Crippen molar-refractivity contribution in [1.82, 2.24) is 18.7 Å². The van der Waals surface area contributed by atoms with E-state index in [2.05, 4.69) is 10.1 Å². The molecule has 0 bridgehead atoms. The normalized spacial score (nSPS) is 11.4. The van der Waals surface area contributed by atoms with Crippen LogP contribution in [0.5, 0.6) is 5.75 Å². The van der Waals surface area contributed by atoms with Crippen LogP contribution in [0.15, 0.2) is 63.2 Å². The zero-order valence-electron chi connectivity index (χ0n) is 18.7.